The second-order valence-corrected chi connectivity index (χ2v) is 8.84. The summed E-state index contributed by atoms with van der Waals surface area (Å²) < 4.78 is 26.3. The average Bonchev–Trinajstić information content (AvgIpc) is 3.09. The third kappa shape index (κ3) is 4.96. The highest BCUT2D eigenvalue weighted by molar-refractivity contribution is 7.88. The molecule has 0 spiro atoms. The number of piperidine rings is 1. The minimum Gasteiger partial charge on any atom is -0.326 e. The minimum absolute atomic E-state index is 0.197. The average molecular weight is 405 g/mol. The highest BCUT2D eigenvalue weighted by Gasteiger charge is 2.30. The van der Waals surface area contributed by atoms with Crippen molar-refractivity contribution < 1.29 is 18.0 Å². The van der Waals surface area contributed by atoms with Crippen LogP contribution in [0.25, 0.3) is 0 Å². The van der Waals surface area contributed by atoms with Crippen molar-refractivity contribution in [2.75, 3.05) is 30.0 Å². The topological polar surface area (TPSA) is 113 Å². The third-order valence-corrected chi connectivity index (χ3v) is 5.85. The number of hydrogen-bond acceptors (Lipinski definition) is 5. The van der Waals surface area contributed by atoms with Crippen molar-refractivity contribution in [1.29, 1.82) is 0 Å². The summed E-state index contributed by atoms with van der Waals surface area (Å²) >= 11 is 0. The van der Waals surface area contributed by atoms with E-state index in [0.29, 0.717) is 36.5 Å². The number of aryl methyl sites for hydroxylation is 1. The zero-order valence-electron chi connectivity index (χ0n) is 15.8. The van der Waals surface area contributed by atoms with Gasteiger partial charge in [0.2, 0.25) is 15.9 Å². The molecule has 150 valence electrons. The van der Waals surface area contributed by atoms with E-state index in [-0.39, 0.29) is 24.3 Å². The Bertz CT molecular complexity index is 968. The number of anilines is 2. The Morgan fingerprint density at radius 1 is 1.11 bits per heavy atom. The minimum atomic E-state index is -3.30. The van der Waals surface area contributed by atoms with E-state index >= 15 is 0 Å². The summed E-state index contributed by atoms with van der Waals surface area (Å²) in [5.41, 5.74) is 1.47. The molecule has 1 aliphatic rings. The van der Waals surface area contributed by atoms with E-state index in [0.717, 1.165) is 6.26 Å². The van der Waals surface area contributed by atoms with Crippen molar-refractivity contribution in [1.82, 2.24) is 14.1 Å². The van der Waals surface area contributed by atoms with Crippen molar-refractivity contribution in [2.24, 2.45) is 13.0 Å². The van der Waals surface area contributed by atoms with Crippen LogP contribution >= 0.6 is 0 Å². The number of benzene rings is 1. The molecule has 3 rings (SSSR count). The molecule has 0 aliphatic carbocycles. The van der Waals surface area contributed by atoms with Crippen LogP contribution in [0.4, 0.5) is 11.4 Å². The van der Waals surface area contributed by atoms with E-state index in [1.165, 1.54) is 4.31 Å². The lowest BCUT2D eigenvalue weighted by molar-refractivity contribution is -0.120. The summed E-state index contributed by atoms with van der Waals surface area (Å²) in [6.45, 7) is 0.649. The Morgan fingerprint density at radius 2 is 1.75 bits per heavy atom. The Balaban J connectivity index is 1.58. The molecular weight excluding hydrogens is 382 g/mol. The largest absolute Gasteiger partial charge is 0.326 e. The molecule has 1 aliphatic heterocycles. The van der Waals surface area contributed by atoms with Crippen LogP contribution in [0.3, 0.4) is 0 Å². The van der Waals surface area contributed by atoms with Crippen LogP contribution in [0.2, 0.25) is 0 Å². The lowest BCUT2D eigenvalue weighted by Gasteiger charge is -2.30. The number of carbonyl (C=O) groups is 2. The van der Waals surface area contributed by atoms with Gasteiger partial charge in [-0.2, -0.15) is 5.10 Å². The van der Waals surface area contributed by atoms with Gasteiger partial charge in [-0.05, 0) is 43.2 Å². The molecule has 1 aromatic heterocycles. The Kier molecular flexibility index (Phi) is 5.80. The zero-order valence-corrected chi connectivity index (χ0v) is 16.6. The molecule has 0 bridgehead atoms. The number of nitrogens with zero attached hydrogens (tertiary/aromatic N) is 3. The molecule has 0 saturated carbocycles. The molecule has 2 aromatic rings. The summed E-state index contributed by atoms with van der Waals surface area (Å²) in [7, 11) is -1.57. The Hall–Kier alpha value is -2.72. The highest BCUT2D eigenvalue weighted by atomic mass is 32.2. The first-order valence-corrected chi connectivity index (χ1v) is 10.7. The molecule has 1 fully saturated rings. The predicted octanol–water partition coefficient (Wildman–Crippen LogP) is 1.28. The molecule has 2 heterocycles. The molecule has 10 heteroatoms. The Morgan fingerprint density at radius 3 is 2.32 bits per heavy atom. The number of nitrogens with one attached hydrogen (secondary N) is 2. The van der Waals surface area contributed by atoms with Gasteiger partial charge in [-0.1, -0.05) is 0 Å². The maximum absolute atomic E-state index is 12.5. The van der Waals surface area contributed by atoms with Crippen LogP contribution in [0.15, 0.2) is 36.5 Å². The number of rotatable bonds is 5. The number of carbonyl (C=O) groups excluding carboxylic acids is 2. The maximum Gasteiger partial charge on any atom is 0.276 e. The molecule has 1 saturated heterocycles. The van der Waals surface area contributed by atoms with Crippen molar-refractivity contribution in [3.63, 3.8) is 0 Å². The molecule has 2 N–H and O–H groups in total. The van der Waals surface area contributed by atoms with Gasteiger partial charge in [-0.25, -0.2) is 12.7 Å². The smallest absolute Gasteiger partial charge is 0.276 e. The first-order valence-electron chi connectivity index (χ1n) is 8.89. The van der Waals surface area contributed by atoms with Gasteiger partial charge in [0.25, 0.3) is 5.91 Å². The van der Waals surface area contributed by atoms with E-state index in [4.69, 9.17) is 0 Å². The van der Waals surface area contributed by atoms with Gasteiger partial charge < -0.3 is 10.6 Å². The van der Waals surface area contributed by atoms with Gasteiger partial charge in [0.15, 0.2) is 5.69 Å². The van der Waals surface area contributed by atoms with Gasteiger partial charge in [0.05, 0.1) is 12.2 Å². The monoisotopic (exact) mass is 405 g/mol. The third-order valence-electron chi connectivity index (χ3n) is 4.58. The number of amides is 2. The summed E-state index contributed by atoms with van der Waals surface area (Å²) in [5, 5.41) is 9.59. The molecule has 0 unspecified atom stereocenters. The first-order chi connectivity index (χ1) is 13.2. The van der Waals surface area contributed by atoms with E-state index in [1.807, 2.05) is 0 Å². The lowest BCUT2D eigenvalue weighted by Crippen LogP contribution is -2.43. The van der Waals surface area contributed by atoms with Crippen molar-refractivity contribution >= 4 is 33.2 Å². The molecule has 28 heavy (non-hydrogen) atoms. The molecule has 9 nitrogen and oxygen atoms in total. The normalized spacial score (nSPS) is 17.9. The van der Waals surface area contributed by atoms with Crippen LogP contribution in [0.1, 0.15) is 23.3 Å². The molecular formula is C18H23N5O4S. The van der Waals surface area contributed by atoms with E-state index in [2.05, 4.69) is 15.7 Å². The summed E-state index contributed by atoms with van der Waals surface area (Å²) in [6.07, 6.45) is 4.15. The summed E-state index contributed by atoms with van der Waals surface area (Å²) in [5.74, 6) is -0.911. The number of sulfonamides is 1. The van der Waals surface area contributed by atoms with E-state index in [9.17, 15) is 18.0 Å². The standard InChI is InChI=1S/C18H23N5O4S/c1-22-11-9-16(21-22)18(25)20-15-7-5-14(6-8-15)19-17(24)13-4-3-10-23(12-13)28(2,26)27/h5-9,11,13H,3-4,10,12H2,1-2H3,(H,19,24)(H,20,25)/t13-/m0/s1. The maximum atomic E-state index is 12.5. The van der Waals surface area contributed by atoms with Crippen molar-refractivity contribution in [3.8, 4) is 0 Å². The van der Waals surface area contributed by atoms with Crippen LogP contribution < -0.4 is 10.6 Å². The van der Waals surface area contributed by atoms with E-state index < -0.39 is 10.0 Å². The fourth-order valence-electron chi connectivity index (χ4n) is 3.07. The lowest BCUT2D eigenvalue weighted by atomic mass is 9.98. The first kappa shape index (κ1) is 20.0. The number of hydrogen-bond donors (Lipinski definition) is 2. The van der Waals surface area contributed by atoms with Gasteiger partial charge in [-0.3, -0.25) is 14.3 Å². The molecule has 1 aromatic carbocycles. The van der Waals surface area contributed by atoms with Crippen molar-refractivity contribution in [3.05, 3.63) is 42.2 Å². The summed E-state index contributed by atoms with van der Waals surface area (Å²) in [6, 6.07) is 8.35. The quantitative estimate of drug-likeness (QED) is 0.778. The van der Waals surface area contributed by atoms with Crippen molar-refractivity contribution in [2.45, 2.75) is 12.8 Å². The van der Waals surface area contributed by atoms with Crippen LogP contribution in [-0.4, -0.2) is 53.7 Å². The highest BCUT2D eigenvalue weighted by Crippen LogP contribution is 2.21. The molecule has 1 atom stereocenters. The van der Waals surface area contributed by atoms with Gasteiger partial charge in [0.1, 0.15) is 0 Å². The molecule has 0 radical (unpaired) electrons. The van der Waals surface area contributed by atoms with Gasteiger partial charge >= 0.3 is 0 Å². The van der Waals surface area contributed by atoms with Crippen LogP contribution in [-0.2, 0) is 21.9 Å². The fraction of sp³-hybridized carbons (Fsp3) is 0.389. The summed E-state index contributed by atoms with van der Waals surface area (Å²) in [4.78, 5) is 24.6. The van der Waals surface area contributed by atoms with Crippen LogP contribution in [0.5, 0.6) is 0 Å². The second kappa shape index (κ2) is 8.11. The second-order valence-electron chi connectivity index (χ2n) is 6.86. The molecule has 2 amide bonds. The van der Waals surface area contributed by atoms with E-state index in [1.54, 1.807) is 48.3 Å². The van der Waals surface area contributed by atoms with Gasteiger partial charge in [-0.15, -0.1) is 0 Å². The number of aromatic nitrogens is 2. The Labute approximate surface area is 163 Å². The zero-order chi connectivity index (χ0) is 20.3. The fourth-order valence-corrected chi connectivity index (χ4v) is 3.98. The SMILES string of the molecule is Cn1ccc(C(=O)Nc2ccc(NC(=O)[C@H]3CCCN(S(C)(=O)=O)C3)cc2)n1. The van der Waals surface area contributed by atoms with Crippen LogP contribution in [0, 0.1) is 5.92 Å². The van der Waals surface area contributed by atoms with Gasteiger partial charge in [0, 0.05) is 37.7 Å². The predicted molar refractivity (Wildman–Crippen MR) is 105 cm³/mol.